The van der Waals surface area contributed by atoms with E-state index in [1.807, 2.05) is 36.6 Å². The zero-order chi connectivity index (χ0) is 18.7. The number of hydrogen-bond donors (Lipinski definition) is 0. The summed E-state index contributed by atoms with van der Waals surface area (Å²) in [5.41, 5.74) is 2.54. The van der Waals surface area contributed by atoms with Crippen LogP contribution >= 0.6 is 23.1 Å². The number of carbonyl (C=O) groups excluding carboxylic acids is 1. The van der Waals surface area contributed by atoms with Gasteiger partial charge in [0.1, 0.15) is 11.6 Å². The maximum Gasteiger partial charge on any atom is 0.230 e. The largest absolute Gasteiger partial charge is 0.274 e. The molecule has 3 nitrogen and oxygen atoms in total. The van der Waals surface area contributed by atoms with Crippen LogP contribution in [0, 0.1) is 18.6 Å². The Morgan fingerprint density at radius 2 is 2.04 bits per heavy atom. The Bertz CT molecular complexity index is 943. The van der Waals surface area contributed by atoms with Crippen molar-refractivity contribution in [3.8, 4) is 0 Å². The lowest BCUT2D eigenvalue weighted by molar-refractivity contribution is -0.115. The Hall–Kier alpha value is -2.25. The second kappa shape index (κ2) is 7.97. The minimum Gasteiger partial charge on any atom is -0.274 e. The zero-order valence-corrected chi connectivity index (χ0v) is 15.8. The first-order valence-corrected chi connectivity index (χ1v) is 9.70. The number of thiazole rings is 1. The summed E-state index contributed by atoms with van der Waals surface area (Å²) < 4.78 is 26.7. The molecular formula is C19H16F2N2OS2. The van der Waals surface area contributed by atoms with E-state index in [9.17, 15) is 13.6 Å². The van der Waals surface area contributed by atoms with Crippen LogP contribution in [0.1, 0.15) is 18.2 Å². The van der Waals surface area contributed by atoms with Gasteiger partial charge in [-0.25, -0.2) is 13.8 Å². The van der Waals surface area contributed by atoms with Crippen LogP contribution in [0.25, 0.3) is 0 Å². The number of thioether (sulfide) groups is 1. The molecule has 0 atom stereocenters. The number of aryl methyl sites for hydroxylation is 1. The summed E-state index contributed by atoms with van der Waals surface area (Å²) in [7, 11) is 0. The molecule has 0 spiro atoms. The molecule has 2 aromatic carbocycles. The highest BCUT2D eigenvalue weighted by molar-refractivity contribution is 7.98. The molecule has 0 aliphatic rings. The van der Waals surface area contributed by atoms with Gasteiger partial charge in [0, 0.05) is 29.0 Å². The third-order valence-corrected chi connectivity index (χ3v) is 5.53. The summed E-state index contributed by atoms with van der Waals surface area (Å²) in [4.78, 5) is 18.6. The van der Waals surface area contributed by atoms with Gasteiger partial charge >= 0.3 is 0 Å². The van der Waals surface area contributed by atoms with Crippen LogP contribution in [0.15, 0.2) is 52.7 Å². The van der Waals surface area contributed by atoms with Crippen molar-refractivity contribution in [2.24, 2.45) is 0 Å². The Morgan fingerprint density at radius 1 is 1.23 bits per heavy atom. The third kappa shape index (κ3) is 4.28. The lowest BCUT2D eigenvalue weighted by Crippen LogP contribution is -2.22. The van der Waals surface area contributed by atoms with E-state index in [0.717, 1.165) is 23.0 Å². The van der Waals surface area contributed by atoms with E-state index in [1.165, 1.54) is 42.2 Å². The average Bonchev–Trinajstić information content (AvgIpc) is 3.02. The lowest BCUT2D eigenvalue weighted by Gasteiger charge is -2.18. The van der Waals surface area contributed by atoms with Gasteiger partial charge in [-0.3, -0.25) is 9.69 Å². The maximum atomic E-state index is 13.7. The van der Waals surface area contributed by atoms with Crippen molar-refractivity contribution >= 4 is 39.8 Å². The van der Waals surface area contributed by atoms with E-state index in [-0.39, 0.29) is 5.91 Å². The number of carbonyl (C=O) groups is 1. The standard InChI is InChI=1S/C19H16F2N2OS2/c1-12-4-3-5-16(8-12)23(13(2)24)19-22-15(11-26-19)10-25-18-7-6-14(20)9-17(18)21/h3-9,11H,10H2,1-2H3. The highest BCUT2D eigenvalue weighted by Crippen LogP contribution is 2.32. The highest BCUT2D eigenvalue weighted by Gasteiger charge is 2.18. The predicted molar refractivity (Wildman–Crippen MR) is 102 cm³/mol. The summed E-state index contributed by atoms with van der Waals surface area (Å²) >= 11 is 2.59. The summed E-state index contributed by atoms with van der Waals surface area (Å²) in [6, 6.07) is 11.1. The lowest BCUT2D eigenvalue weighted by atomic mass is 10.2. The van der Waals surface area contributed by atoms with Crippen LogP contribution in [-0.4, -0.2) is 10.9 Å². The number of halogens is 2. The van der Waals surface area contributed by atoms with Crippen LogP contribution in [0.5, 0.6) is 0 Å². The number of rotatable bonds is 5. The molecule has 0 unspecified atom stereocenters. The van der Waals surface area contributed by atoms with E-state index < -0.39 is 11.6 Å². The molecular weight excluding hydrogens is 374 g/mol. The van der Waals surface area contributed by atoms with Gasteiger partial charge in [-0.05, 0) is 36.8 Å². The van der Waals surface area contributed by atoms with Gasteiger partial charge in [-0.1, -0.05) is 12.1 Å². The minimum absolute atomic E-state index is 0.131. The molecule has 1 amide bonds. The van der Waals surface area contributed by atoms with Gasteiger partial charge in [0.25, 0.3) is 0 Å². The SMILES string of the molecule is CC(=O)N(c1cccc(C)c1)c1nc(CSc2ccc(F)cc2F)cs1. The number of benzene rings is 2. The van der Waals surface area contributed by atoms with Crippen molar-refractivity contribution in [3.63, 3.8) is 0 Å². The van der Waals surface area contributed by atoms with Gasteiger partial charge in [-0.2, -0.15) is 0 Å². The molecule has 0 bridgehead atoms. The Morgan fingerprint density at radius 3 is 2.73 bits per heavy atom. The fourth-order valence-electron chi connectivity index (χ4n) is 2.40. The second-order valence-corrected chi connectivity index (χ2v) is 7.53. The predicted octanol–water partition coefficient (Wildman–Crippen LogP) is 5.71. The monoisotopic (exact) mass is 390 g/mol. The maximum absolute atomic E-state index is 13.7. The summed E-state index contributed by atoms with van der Waals surface area (Å²) in [6.45, 7) is 3.45. The molecule has 134 valence electrons. The molecule has 0 fully saturated rings. The van der Waals surface area contributed by atoms with Crippen LogP contribution in [-0.2, 0) is 10.5 Å². The first-order chi connectivity index (χ1) is 12.4. The molecule has 0 aliphatic carbocycles. The first kappa shape index (κ1) is 18.5. The van der Waals surface area contributed by atoms with Crippen molar-refractivity contribution in [1.82, 2.24) is 4.98 Å². The topological polar surface area (TPSA) is 33.2 Å². The third-order valence-electron chi connectivity index (χ3n) is 3.58. The molecule has 0 N–H and O–H groups in total. The quantitative estimate of drug-likeness (QED) is 0.524. The van der Waals surface area contributed by atoms with Crippen molar-refractivity contribution in [1.29, 1.82) is 0 Å². The number of anilines is 2. The van der Waals surface area contributed by atoms with Crippen molar-refractivity contribution in [2.45, 2.75) is 24.5 Å². The Balaban J connectivity index is 1.78. The normalized spacial score (nSPS) is 10.8. The molecule has 7 heteroatoms. The zero-order valence-electron chi connectivity index (χ0n) is 14.2. The molecule has 0 aliphatic heterocycles. The van der Waals surface area contributed by atoms with E-state index in [1.54, 1.807) is 4.90 Å². The van der Waals surface area contributed by atoms with E-state index in [0.29, 0.717) is 15.8 Å². The Labute approximate surface area is 158 Å². The number of aromatic nitrogens is 1. The number of nitrogens with zero attached hydrogens (tertiary/aromatic N) is 2. The van der Waals surface area contributed by atoms with Crippen LogP contribution in [0.2, 0.25) is 0 Å². The van der Waals surface area contributed by atoms with Gasteiger partial charge in [0.15, 0.2) is 5.13 Å². The highest BCUT2D eigenvalue weighted by atomic mass is 32.2. The van der Waals surface area contributed by atoms with Gasteiger partial charge in [0.05, 0.1) is 11.4 Å². The average molecular weight is 390 g/mol. The Kier molecular flexibility index (Phi) is 5.68. The van der Waals surface area contributed by atoms with Crippen LogP contribution in [0.3, 0.4) is 0 Å². The van der Waals surface area contributed by atoms with Gasteiger partial charge in [-0.15, -0.1) is 23.1 Å². The molecule has 1 aromatic heterocycles. The van der Waals surface area contributed by atoms with Crippen molar-refractivity contribution in [2.75, 3.05) is 4.90 Å². The summed E-state index contributed by atoms with van der Waals surface area (Å²) in [6.07, 6.45) is 0. The summed E-state index contributed by atoms with van der Waals surface area (Å²) in [5, 5.41) is 2.41. The van der Waals surface area contributed by atoms with E-state index in [2.05, 4.69) is 4.98 Å². The first-order valence-electron chi connectivity index (χ1n) is 7.83. The molecule has 0 saturated carbocycles. The van der Waals surface area contributed by atoms with E-state index >= 15 is 0 Å². The van der Waals surface area contributed by atoms with Gasteiger partial charge < -0.3 is 0 Å². The summed E-state index contributed by atoms with van der Waals surface area (Å²) in [5.74, 6) is -0.888. The molecule has 0 radical (unpaired) electrons. The number of amides is 1. The molecule has 3 rings (SSSR count). The second-order valence-electron chi connectivity index (χ2n) is 5.68. The minimum atomic E-state index is -0.599. The smallest absolute Gasteiger partial charge is 0.230 e. The van der Waals surface area contributed by atoms with Crippen LogP contribution in [0.4, 0.5) is 19.6 Å². The molecule has 3 aromatic rings. The van der Waals surface area contributed by atoms with E-state index in [4.69, 9.17) is 0 Å². The fraction of sp³-hybridized carbons (Fsp3) is 0.158. The molecule has 1 heterocycles. The molecule has 26 heavy (non-hydrogen) atoms. The van der Waals surface area contributed by atoms with Crippen molar-refractivity contribution in [3.05, 3.63) is 70.7 Å². The van der Waals surface area contributed by atoms with Crippen molar-refractivity contribution < 1.29 is 13.6 Å². The van der Waals surface area contributed by atoms with Crippen LogP contribution < -0.4 is 4.90 Å². The number of hydrogen-bond acceptors (Lipinski definition) is 4. The van der Waals surface area contributed by atoms with Gasteiger partial charge in [0.2, 0.25) is 5.91 Å². The molecule has 0 saturated heterocycles. The fourth-order valence-corrected chi connectivity index (χ4v) is 4.21.